The number of carbonyl (C=O) groups excluding carboxylic acids is 2. The van der Waals surface area contributed by atoms with E-state index in [0.29, 0.717) is 18.3 Å². The van der Waals surface area contributed by atoms with Crippen LogP contribution in [-0.4, -0.2) is 50.6 Å². The smallest absolute Gasteiger partial charge is 0.335 e. The fourth-order valence-electron chi connectivity index (χ4n) is 5.90. The Bertz CT molecular complexity index is 791. The fraction of sp³-hybridized carbons (Fsp3) is 0.733. The first-order valence-electron chi connectivity index (χ1n) is 14.0. The Hall–Kier alpha value is -2.06. The van der Waals surface area contributed by atoms with E-state index in [-0.39, 0.29) is 36.9 Å². The molecule has 6 nitrogen and oxygen atoms in total. The minimum atomic E-state index is -1.57. The zero-order valence-corrected chi connectivity index (χ0v) is 22.9. The minimum absolute atomic E-state index is 0.00735. The molecule has 0 aromatic heterocycles. The normalized spacial score (nSPS) is 24.2. The van der Waals surface area contributed by atoms with Gasteiger partial charge in [0.1, 0.15) is 0 Å². The van der Waals surface area contributed by atoms with Crippen molar-refractivity contribution in [3.63, 3.8) is 0 Å². The molecule has 2 saturated carbocycles. The van der Waals surface area contributed by atoms with E-state index >= 15 is 0 Å². The summed E-state index contributed by atoms with van der Waals surface area (Å²) in [5, 5.41) is 9.09. The number of halogens is 2. The third-order valence-electron chi connectivity index (χ3n) is 8.29. The molecule has 0 heterocycles. The van der Waals surface area contributed by atoms with Crippen molar-refractivity contribution in [1.29, 1.82) is 0 Å². The molecule has 0 amide bonds. The number of hydrogen-bond acceptors (Lipinski definition) is 6. The topological polar surface area (TPSA) is 82.1 Å². The largest absolute Gasteiger partial charge is 0.462 e. The van der Waals surface area contributed by atoms with Crippen molar-refractivity contribution in [1.82, 2.24) is 0 Å². The second-order valence-electron chi connectivity index (χ2n) is 11.1. The van der Waals surface area contributed by atoms with Gasteiger partial charge in [-0.05, 0) is 81.1 Å². The summed E-state index contributed by atoms with van der Waals surface area (Å²) in [6.45, 7) is 7.00. The van der Waals surface area contributed by atoms with Crippen LogP contribution >= 0.6 is 0 Å². The summed E-state index contributed by atoms with van der Waals surface area (Å²) in [5.74, 6) is 1.36. The van der Waals surface area contributed by atoms with Gasteiger partial charge in [-0.1, -0.05) is 38.8 Å². The molecule has 2 rings (SSSR count). The quantitative estimate of drug-likeness (QED) is 0.180. The Morgan fingerprint density at radius 2 is 1.37 bits per heavy atom. The van der Waals surface area contributed by atoms with E-state index < -0.39 is 24.6 Å². The van der Waals surface area contributed by atoms with E-state index in [9.17, 15) is 18.4 Å². The zero-order chi connectivity index (χ0) is 27.9. The molecule has 0 radical (unpaired) electrons. The molecule has 2 fully saturated rings. The molecule has 38 heavy (non-hydrogen) atoms. The van der Waals surface area contributed by atoms with Crippen LogP contribution in [0.2, 0.25) is 0 Å². The highest BCUT2D eigenvalue weighted by Gasteiger charge is 2.31. The van der Waals surface area contributed by atoms with Gasteiger partial charge >= 0.3 is 11.9 Å². The molecule has 1 N–H and O–H groups in total. The molecule has 2 aliphatic rings. The summed E-state index contributed by atoms with van der Waals surface area (Å²) in [4.78, 5) is 24.1. The van der Waals surface area contributed by atoms with Gasteiger partial charge in [-0.25, -0.2) is 9.59 Å². The fourth-order valence-corrected chi connectivity index (χ4v) is 5.90. The van der Waals surface area contributed by atoms with Gasteiger partial charge in [0, 0.05) is 13.0 Å². The highest BCUT2D eigenvalue weighted by atomic mass is 19.3. The van der Waals surface area contributed by atoms with E-state index in [4.69, 9.17) is 19.3 Å². The second kappa shape index (κ2) is 17.5. The van der Waals surface area contributed by atoms with E-state index in [1.54, 1.807) is 0 Å². The lowest BCUT2D eigenvalue weighted by molar-refractivity contribution is -0.145. The molecule has 8 heteroatoms. The SMILES string of the molecule is C=C(CO)C(=O)OCC(CCC1CCC(C2CCC(CCC=C(F)F)CC2)CC1)COC(=O)C(=C)COC. The molecule has 0 spiro atoms. The van der Waals surface area contributed by atoms with Gasteiger partial charge in [-0.2, -0.15) is 8.78 Å². The summed E-state index contributed by atoms with van der Waals surface area (Å²) >= 11 is 0. The summed E-state index contributed by atoms with van der Waals surface area (Å²) in [7, 11) is 1.48. The van der Waals surface area contributed by atoms with Crippen molar-refractivity contribution in [2.75, 3.05) is 33.5 Å². The Morgan fingerprint density at radius 1 is 0.868 bits per heavy atom. The summed E-state index contributed by atoms with van der Waals surface area (Å²) in [6, 6.07) is 0. The van der Waals surface area contributed by atoms with Crippen LogP contribution < -0.4 is 0 Å². The number of hydrogen-bond donors (Lipinski definition) is 1. The van der Waals surface area contributed by atoms with Crippen LogP contribution in [0.5, 0.6) is 0 Å². The van der Waals surface area contributed by atoms with Crippen LogP contribution in [0.15, 0.2) is 36.5 Å². The molecule has 1 atom stereocenters. The maximum atomic E-state index is 12.3. The van der Waals surface area contributed by atoms with Crippen LogP contribution in [0.25, 0.3) is 0 Å². The van der Waals surface area contributed by atoms with Crippen molar-refractivity contribution in [2.24, 2.45) is 29.6 Å². The molecule has 1 unspecified atom stereocenters. The first-order chi connectivity index (χ1) is 18.2. The highest BCUT2D eigenvalue weighted by molar-refractivity contribution is 5.88. The van der Waals surface area contributed by atoms with Crippen molar-refractivity contribution in [3.8, 4) is 0 Å². The van der Waals surface area contributed by atoms with Crippen LogP contribution in [0, 0.1) is 29.6 Å². The third-order valence-corrected chi connectivity index (χ3v) is 8.29. The lowest BCUT2D eigenvalue weighted by atomic mass is 9.68. The predicted octanol–water partition coefficient (Wildman–Crippen LogP) is 6.39. The van der Waals surface area contributed by atoms with Gasteiger partial charge in [0.25, 0.3) is 6.08 Å². The standard InChI is InChI=1S/C30H46F2O6/c1-21(17-33)29(34)37-19-25(20-38-30(35)22(2)18-36-3)8-7-24-11-15-27(16-12-24)26-13-9-23(10-14-26)5-4-6-28(31)32/h6,23-27,33H,1-2,4-5,7-20H2,3H3. The zero-order valence-electron chi connectivity index (χ0n) is 22.9. The molecule has 0 bridgehead atoms. The van der Waals surface area contributed by atoms with E-state index in [2.05, 4.69) is 13.2 Å². The summed E-state index contributed by atoms with van der Waals surface area (Å²) in [6.07, 6.45) is 12.1. The Labute approximate surface area is 226 Å². The first-order valence-corrected chi connectivity index (χ1v) is 14.0. The van der Waals surface area contributed by atoms with Gasteiger partial charge in [-0.3, -0.25) is 0 Å². The molecular weight excluding hydrogens is 494 g/mol. The number of carbonyl (C=O) groups is 2. The number of esters is 2. The van der Waals surface area contributed by atoms with Crippen LogP contribution in [-0.2, 0) is 23.8 Å². The van der Waals surface area contributed by atoms with E-state index in [1.165, 1.54) is 45.6 Å². The number of aliphatic hydroxyl groups is 1. The van der Waals surface area contributed by atoms with Gasteiger partial charge in [-0.15, -0.1) is 0 Å². The maximum absolute atomic E-state index is 12.3. The predicted molar refractivity (Wildman–Crippen MR) is 142 cm³/mol. The molecule has 0 aromatic rings. The summed E-state index contributed by atoms with van der Waals surface area (Å²) < 4.78 is 40.2. The third kappa shape index (κ3) is 11.8. The molecule has 0 aliphatic heterocycles. The monoisotopic (exact) mass is 540 g/mol. The first kappa shape index (κ1) is 32.2. The van der Waals surface area contributed by atoms with Gasteiger partial charge in [0.15, 0.2) is 0 Å². The lowest BCUT2D eigenvalue weighted by Crippen LogP contribution is -2.27. The van der Waals surface area contributed by atoms with Crippen molar-refractivity contribution >= 4 is 11.9 Å². The van der Waals surface area contributed by atoms with Crippen molar-refractivity contribution < 1.29 is 37.7 Å². The Kier molecular flexibility index (Phi) is 14.8. The molecular formula is C30H46F2O6. The Balaban J connectivity index is 1.75. The molecule has 0 aromatic carbocycles. The van der Waals surface area contributed by atoms with Gasteiger partial charge in [0.2, 0.25) is 0 Å². The van der Waals surface area contributed by atoms with Gasteiger partial charge < -0.3 is 19.3 Å². The van der Waals surface area contributed by atoms with Crippen LogP contribution in [0.4, 0.5) is 8.78 Å². The number of rotatable bonds is 16. The Morgan fingerprint density at radius 3 is 1.84 bits per heavy atom. The molecule has 216 valence electrons. The van der Waals surface area contributed by atoms with Crippen molar-refractivity contribution in [2.45, 2.75) is 77.0 Å². The minimum Gasteiger partial charge on any atom is -0.462 e. The average molecular weight is 541 g/mol. The summed E-state index contributed by atoms with van der Waals surface area (Å²) in [5.41, 5.74) is 0.224. The number of ether oxygens (including phenoxy) is 3. The van der Waals surface area contributed by atoms with Crippen LogP contribution in [0.1, 0.15) is 77.0 Å². The van der Waals surface area contributed by atoms with E-state index in [1.807, 2.05) is 0 Å². The maximum Gasteiger partial charge on any atom is 0.335 e. The lowest BCUT2D eigenvalue weighted by Gasteiger charge is -2.38. The van der Waals surface area contributed by atoms with E-state index in [0.717, 1.165) is 50.0 Å². The van der Waals surface area contributed by atoms with Crippen LogP contribution in [0.3, 0.4) is 0 Å². The second-order valence-corrected chi connectivity index (χ2v) is 11.1. The van der Waals surface area contributed by atoms with Gasteiger partial charge in [0.05, 0.1) is 37.6 Å². The highest BCUT2D eigenvalue weighted by Crippen LogP contribution is 2.43. The number of methoxy groups -OCH3 is 1. The molecule has 0 saturated heterocycles. The average Bonchev–Trinajstić information content (AvgIpc) is 2.92. The van der Waals surface area contributed by atoms with Crippen molar-refractivity contribution in [3.05, 3.63) is 36.5 Å². The number of allylic oxidation sites excluding steroid dienone is 1. The molecule has 2 aliphatic carbocycles. The number of aliphatic hydroxyl groups excluding tert-OH is 1.